The lowest BCUT2D eigenvalue weighted by Crippen LogP contribution is -2.36. The molecule has 1 aromatic carbocycles. The molecule has 0 amide bonds. The molecular formula is C12H14ClN3OS. The van der Waals surface area contributed by atoms with E-state index in [1.165, 1.54) is 11.7 Å². The fourth-order valence-electron chi connectivity index (χ4n) is 2.43. The van der Waals surface area contributed by atoms with E-state index in [9.17, 15) is 5.11 Å². The minimum atomic E-state index is -0.309. The minimum absolute atomic E-state index is 0.0588. The summed E-state index contributed by atoms with van der Waals surface area (Å²) >= 11 is 7.40. The van der Waals surface area contributed by atoms with E-state index in [0.717, 1.165) is 42.4 Å². The minimum Gasteiger partial charge on any atom is -0.391 e. The highest BCUT2D eigenvalue weighted by atomic mass is 35.5. The highest BCUT2D eigenvalue weighted by Gasteiger charge is 2.24. The molecule has 0 aliphatic heterocycles. The number of hydrogen-bond acceptors (Lipinski definition) is 5. The average Bonchev–Trinajstić information content (AvgIpc) is 2.83. The molecule has 2 N–H and O–H groups in total. The summed E-state index contributed by atoms with van der Waals surface area (Å²) in [5.41, 5.74) is 2.44. The molecule has 0 radical (unpaired) electrons. The standard InChI is InChI=1S/C12H14ClN3OS/c13-7-5-6-9-12(16-18-15-9)11(7)14-8-3-1-2-4-10(8)17/h5-6,8,10,14,17H,1-4H2/t8-,10-/m1/s1. The van der Waals surface area contributed by atoms with Gasteiger partial charge in [0.25, 0.3) is 0 Å². The Bertz CT molecular complexity index is 559. The first-order valence-corrected chi connectivity index (χ1v) is 7.22. The normalized spacial score (nSPS) is 24.3. The third-order valence-electron chi connectivity index (χ3n) is 3.44. The zero-order valence-electron chi connectivity index (χ0n) is 9.77. The lowest BCUT2D eigenvalue weighted by Gasteiger charge is -2.29. The van der Waals surface area contributed by atoms with E-state index in [4.69, 9.17) is 11.6 Å². The van der Waals surface area contributed by atoms with Crippen LogP contribution in [0.1, 0.15) is 25.7 Å². The van der Waals surface area contributed by atoms with Crippen LogP contribution in [0.4, 0.5) is 5.69 Å². The summed E-state index contributed by atoms with van der Waals surface area (Å²) in [5, 5.41) is 14.0. The SMILES string of the molecule is O[C@@H]1CCCC[C@H]1Nc1c(Cl)ccc2nsnc12. The Kier molecular flexibility index (Phi) is 3.37. The third kappa shape index (κ3) is 2.18. The summed E-state index contributed by atoms with van der Waals surface area (Å²) in [5.74, 6) is 0. The number of rotatable bonds is 2. The van der Waals surface area contributed by atoms with Crippen molar-refractivity contribution in [1.82, 2.24) is 8.75 Å². The van der Waals surface area contributed by atoms with Gasteiger partial charge in [0.15, 0.2) is 0 Å². The Morgan fingerprint density at radius 1 is 1.28 bits per heavy atom. The van der Waals surface area contributed by atoms with Crippen molar-refractivity contribution in [3.05, 3.63) is 17.2 Å². The first-order chi connectivity index (χ1) is 8.75. The third-order valence-corrected chi connectivity index (χ3v) is 4.29. The molecule has 2 atom stereocenters. The van der Waals surface area contributed by atoms with Crippen molar-refractivity contribution in [2.45, 2.75) is 37.8 Å². The van der Waals surface area contributed by atoms with E-state index in [1.807, 2.05) is 12.1 Å². The summed E-state index contributed by atoms with van der Waals surface area (Å²) in [6, 6.07) is 3.75. The fraction of sp³-hybridized carbons (Fsp3) is 0.500. The molecule has 3 rings (SSSR count). The summed E-state index contributed by atoms with van der Waals surface area (Å²) in [4.78, 5) is 0. The van der Waals surface area contributed by atoms with Gasteiger partial charge < -0.3 is 10.4 Å². The van der Waals surface area contributed by atoms with E-state index >= 15 is 0 Å². The summed E-state index contributed by atoms with van der Waals surface area (Å²) in [6.07, 6.45) is 3.73. The van der Waals surface area contributed by atoms with Gasteiger partial charge in [0.2, 0.25) is 0 Å². The van der Waals surface area contributed by atoms with Crippen LogP contribution < -0.4 is 5.32 Å². The van der Waals surface area contributed by atoms with Gasteiger partial charge in [0.05, 0.1) is 34.6 Å². The second kappa shape index (κ2) is 4.99. The summed E-state index contributed by atoms with van der Waals surface area (Å²) in [6.45, 7) is 0. The smallest absolute Gasteiger partial charge is 0.129 e. The van der Waals surface area contributed by atoms with Gasteiger partial charge in [-0.05, 0) is 25.0 Å². The molecule has 96 valence electrons. The largest absolute Gasteiger partial charge is 0.391 e. The predicted molar refractivity (Wildman–Crippen MR) is 74.3 cm³/mol. The monoisotopic (exact) mass is 283 g/mol. The van der Waals surface area contributed by atoms with E-state index in [0.29, 0.717) is 5.02 Å². The number of nitrogens with zero attached hydrogens (tertiary/aromatic N) is 2. The van der Waals surface area contributed by atoms with Crippen molar-refractivity contribution in [1.29, 1.82) is 0 Å². The number of aromatic nitrogens is 2. The first kappa shape index (κ1) is 12.1. The Morgan fingerprint density at radius 3 is 2.94 bits per heavy atom. The van der Waals surface area contributed by atoms with E-state index < -0.39 is 0 Å². The number of nitrogens with one attached hydrogen (secondary N) is 1. The Morgan fingerprint density at radius 2 is 2.11 bits per heavy atom. The molecule has 1 aromatic heterocycles. The molecule has 1 heterocycles. The lowest BCUT2D eigenvalue weighted by molar-refractivity contribution is 0.116. The van der Waals surface area contributed by atoms with Crippen LogP contribution in [-0.2, 0) is 0 Å². The van der Waals surface area contributed by atoms with Crippen LogP contribution in [0.15, 0.2) is 12.1 Å². The van der Waals surface area contributed by atoms with Crippen molar-refractivity contribution in [3.8, 4) is 0 Å². The highest BCUT2D eigenvalue weighted by Crippen LogP contribution is 2.32. The maximum absolute atomic E-state index is 10.0. The molecule has 6 heteroatoms. The summed E-state index contributed by atoms with van der Waals surface area (Å²) < 4.78 is 8.47. The zero-order chi connectivity index (χ0) is 12.5. The molecule has 1 fully saturated rings. The number of benzene rings is 1. The molecular weight excluding hydrogens is 270 g/mol. The molecule has 1 aliphatic rings. The molecule has 1 saturated carbocycles. The van der Waals surface area contributed by atoms with Crippen LogP contribution in [0, 0.1) is 0 Å². The van der Waals surface area contributed by atoms with Gasteiger partial charge in [-0.25, -0.2) is 0 Å². The average molecular weight is 284 g/mol. The van der Waals surface area contributed by atoms with Crippen molar-refractivity contribution in [3.63, 3.8) is 0 Å². The van der Waals surface area contributed by atoms with Crippen LogP contribution in [0.25, 0.3) is 11.0 Å². The number of halogens is 1. The van der Waals surface area contributed by atoms with Gasteiger partial charge in [-0.15, -0.1) is 0 Å². The van der Waals surface area contributed by atoms with Crippen LogP contribution in [0.2, 0.25) is 5.02 Å². The second-order valence-corrected chi connectivity index (χ2v) is 5.59. The zero-order valence-corrected chi connectivity index (χ0v) is 11.3. The first-order valence-electron chi connectivity index (χ1n) is 6.11. The molecule has 18 heavy (non-hydrogen) atoms. The van der Waals surface area contributed by atoms with E-state index in [-0.39, 0.29) is 12.1 Å². The molecule has 0 unspecified atom stereocenters. The number of hydrogen-bond donors (Lipinski definition) is 2. The highest BCUT2D eigenvalue weighted by molar-refractivity contribution is 7.00. The number of aliphatic hydroxyl groups excluding tert-OH is 1. The topological polar surface area (TPSA) is 58.0 Å². The van der Waals surface area contributed by atoms with Gasteiger partial charge in [-0.1, -0.05) is 24.4 Å². The second-order valence-electron chi connectivity index (χ2n) is 4.66. The predicted octanol–water partition coefficient (Wildman–Crippen LogP) is 3.06. The number of aliphatic hydroxyl groups is 1. The van der Waals surface area contributed by atoms with Crippen molar-refractivity contribution < 1.29 is 5.11 Å². The van der Waals surface area contributed by atoms with Crippen LogP contribution >= 0.6 is 23.3 Å². The van der Waals surface area contributed by atoms with Crippen molar-refractivity contribution in [2.75, 3.05) is 5.32 Å². The van der Waals surface area contributed by atoms with Crippen molar-refractivity contribution in [2.24, 2.45) is 0 Å². The van der Waals surface area contributed by atoms with E-state index in [1.54, 1.807) is 0 Å². The number of fused-ring (bicyclic) bond motifs is 1. The van der Waals surface area contributed by atoms with Gasteiger partial charge in [-0.3, -0.25) is 0 Å². The fourth-order valence-corrected chi connectivity index (χ4v) is 3.18. The molecule has 2 aromatic rings. The van der Waals surface area contributed by atoms with Gasteiger partial charge in [-0.2, -0.15) is 8.75 Å². The van der Waals surface area contributed by atoms with Crippen molar-refractivity contribution >= 4 is 40.0 Å². The quantitative estimate of drug-likeness (QED) is 0.889. The number of anilines is 1. The Labute approximate surface area is 114 Å². The van der Waals surface area contributed by atoms with Gasteiger partial charge in [0.1, 0.15) is 11.0 Å². The van der Waals surface area contributed by atoms with Crippen LogP contribution in [0.3, 0.4) is 0 Å². The molecule has 0 bridgehead atoms. The maximum Gasteiger partial charge on any atom is 0.129 e. The van der Waals surface area contributed by atoms with Gasteiger partial charge >= 0.3 is 0 Å². The molecule has 4 nitrogen and oxygen atoms in total. The molecule has 0 spiro atoms. The Hall–Kier alpha value is -0.910. The summed E-state index contributed by atoms with van der Waals surface area (Å²) in [7, 11) is 0. The maximum atomic E-state index is 10.0. The lowest BCUT2D eigenvalue weighted by atomic mass is 9.92. The van der Waals surface area contributed by atoms with Crippen LogP contribution in [-0.4, -0.2) is 26.0 Å². The van der Waals surface area contributed by atoms with Gasteiger partial charge in [0, 0.05) is 0 Å². The molecule has 0 saturated heterocycles. The van der Waals surface area contributed by atoms with Crippen LogP contribution in [0.5, 0.6) is 0 Å². The Balaban J connectivity index is 1.93. The van der Waals surface area contributed by atoms with E-state index in [2.05, 4.69) is 14.1 Å². The molecule has 1 aliphatic carbocycles.